The number of ether oxygens (including phenoxy) is 7. The lowest BCUT2D eigenvalue weighted by molar-refractivity contribution is -0.141. The zero-order chi connectivity index (χ0) is 27.8. The standard InChI is InChI=1S/C31H36O8/c1-33-25-9-6-20(16-28(25)35-3)12-13-38-27-11-8-22(18-30(27)37-5)15-24-23(19-39-31(24)32)14-21-7-10-26(34-2)29(17-21)36-4/h6-11,16-18,23-24H,12-15,19H2,1-5H3/t23-,24+/m0/s1. The maximum absolute atomic E-state index is 12.6. The van der Waals surface area contributed by atoms with Crippen molar-refractivity contribution in [2.45, 2.75) is 19.3 Å². The van der Waals surface area contributed by atoms with E-state index in [1.165, 1.54) is 0 Å². The summed E-state index contributed by atoms with van der Waals surface area (Å²) in [4.78, 5) is 12.6. The van der Waals surface area contributed by atoms with E-state index in [0.29, 0.717) is 67.0 Å². The molecule has 208 valence electrons. The number of carbonyl (C=O) groups is 1. The zero-order valence-corrected chi connectivity index (χ0v) is 23.2. The molecule has 1 aliphatic rings. The van der Waals surface area contributed by atoms with Crippen LogP contribution in [0, 0.1) is 11.8 Å². The minimum Gasteiger partial charge on any atom is -0.493 e. The van der Waals surface area contributed by atoms with Crippen LogP contribution in [-0.4, -0.2) is 54.7 Å². The molecular weight excluding hydrogens is 500 g/mol. The average Bonchev–Trinajstić information content (AvgIpc) is 3.31. The molecule has 0 spiro atoms. The molecule has 39 heavy (non-hydrogen) atoms. The fraction of sp³-hybridized carbons (Fsp3) is 0.387. The summed E-state index contributed by atoms with van der Waals surface area (Å²) in [5.41, 5.74) is 3.13. The number of hydrogen-bond acceptors (Lipinski definition) is 8. The van der Waals surface area contributed by atoms with E-state index < -0.39 is 0 Å². The summed E-state index contributed by atoms with van der Waals surface area (Å²) < 4.78 is 38.6. The Morgan fingerprint density at radius 1 is 0.641 bits per heavy atom. The minimum absolute atomic E-state index is 0.0546. The fourth-order valence-corrected chi connectivity index (χ4v) is 4.89. The predicted octanol–water partition coefficient (Wildman–Crippen LogP) is 4.93. The summed E-state index contributed by atoms with van der Waals surface area (Å²) in [7, 11) is 8.08. The van der Waals surface area contributed by atoms with Crippen molar-refractivity contribution < 1.29 is 38.0 Å². The van der Waals surface area contributed by atoms with Crippen LogP contribution in [0.1, 0.15) is 16.7 Å². The Morgan fingerprint density at radius 3 is 1.72 bits per heavy atom. The van der Waals surface area contributed by atoms with E-state index in [1.54, 1.807) is 35.5 Å². The molecule has 8 heteroatoms. The van der Waals surface area contributed by atoms with Gasteiger partial charge in [0.05, 0.1) is 54.7 Å². The second-order valence-electron chi connectivity index (χ2n) is 9.37. The third-order valence-electron chi connectivity index (χ3n) is 7.04. The van der Waals surface area contributed by atoms with Crippen molar-refractivity contribution in [3.05, 3.63) is 71.3 Å². The topological polar surface area (TPSA) is 81.7 Å². The third kappa shape index (κ3) is 6.69. The van der Waals surface area contributed by atoms with Crippen molar-refractivity contribution >= 4 is 5.97 Å². The first kappa shape index (κ1) is 28.0. The normalized spacial score (nSPS) is 16.4. The number of benzene rings is 3. The van der Waals surface area contributed by atoms with Crippen molar-refractivity contribution in [2.24, 2.45) is 11.8 Å². The van der Waals surface area contributed by atoms with Crippen LogP contribution in [0.4, 0.5) is 0 Å². The maximum atomic E-state index is 12.6. The molecule has 3 aromatic rings. The van der Waals surface area contributed by atoms with Crippen LogP contribution in [0.15, 0.2) is 54.6 Å². The highest BCUT2D eigenvalue weighted by Crippen LogP contribution is 2.35. The van der Waals surface area contributed by atoms with Crippen molar-refractivity contribution in [2.75, 3.05) is 48.8 Å². The van der Waals surface area contributed by atoms with Gasteiger partial charge in [-0.05, 0) is 65.9 Å². The fourth-order valence-electron chi connectivity index (χ4n) is 4.89. The molecule has 1 heterocycles. The highest BCUT2D eigenvalue weighted by molar-refractivity contribution is 5.75. The Kier molecular flexibility index (Phi) is 9.41. The summed E-state index contributed by atoms with van der Waals surface area (Å²) in [5.74, 6) is 3.63. The number of hydrogen-bond donors (Lipinski definition) is 0. The van der Waals surface area contributed by atoms with Gasteiger partial charge < -0.3 is 33.2 Å². The minimum atomic E-state index is -0.250. The summed E-state index contributed by atoms with van der Waals surface area (Å²) in [5, 5.41) is 0. The van der Waals surface area contributed by atoms with Gasteiger partial charge in [0.15, 0.2) is 34.5 Å². The van der Waals surface area contributed by atoms with Gasteiger partial charge >= 0.3 is 5.97 Å². The smallest absolute Gasteiger partial charge is 0.309 e. The van der Waals surface area contributed by atoms with Crippen LogP contribution >= 0.6 is 0 Å². The van der Waals surface area contributed by atoms with E-state index in [9.17, 15) is 4.79 Å². The molecule has 0 bridgehead atoms. The Bertz CT molecular complexity index is 1270. The van der Waals surface area contributed by atoms with E-state index in [4.69, 9.17) is 33.2 Å². The van der Waals surface area contributed by atoms with Crippen LogP contribution in [0.3, 0.4) is 0 Å². The molecule has 0 N–H and O–H groups in total. The lowest BCUT2D eigenvalue weighted by Crippen LogP contribution is -2.20. The van der Waals surface area contributed by atoms with Gasteiger partial charge in [0.25, 0.3) is 0 Å². The Labute approximate surface area is 229 Å². The Hall–Kier alpha value is -4.07. The number of cyclic esters (lactones) is 1. The quantitative estimate of drug-likeness (QED) is 0.285. The second-order valence-corrected chi connectivity index (χ2v) is 9.37. The van der Waals surface area contributed by atoms with E-state index in [-0.39, 0.29) is 17.8 Å². The van der Waals surface area contributed by atoms with Gasteiger partial charge in [0, 0.05) is 12.3 Å². The predicted molar refractivity (Wildman–Crippen MR) is 147 cm³/mol. The van der Waals surface area contributed by atoms with Crippen LogP contribution in [-0.2, 0) is 28.8 Å². The second kappa shape index (κ2) is 13.1. The monoisotopic (exact) mass is 536 g/mol. The lowest BCUT2D eigenvalue weighted by atomic mass is 9.85. The number of esters is 1. The van der Waals surface area contributed by atoms with Gasteiger partial charge in [0.2, 0.25) is 0 Å². The maximum Gasteiger partial charge on any atom is 0.309 e. The highest BCUT2D eigenvalue weighted by Gasteiger charge is 2.37. The van der Waals surface area contributed by atoms with Gasteiger partial charge in [0.1, 0.15) is 0 Å². The molecular formula is C31H36O8. The molecule has 0 aliphatic carbocycles. The van der Waals surface area contributed by atoms with Gasteiger partial charge in [-0.15, -0.1) is 0 Å². The number of rotatable bonds is 13. The first-order valence-electron chi connectivity index (χ1n) is 12.9. The van der Waals surface area contributed by atoms with Gasteiger partial charge in [-0.3, -0.25) is 4.79 Å². The summed E-state index contributed by atoms with van der Waals surface area (Å²) in [6, 6.07) is 17.5. The van der Waals surface area contributed by atoms with Gasteiger partial charge in [-0.2, -0.15) is 0 Å². The largest absolute Gasteiger partial charge is 0.493 e. The van der Waals surface area contributed by atoms with E-state index in [0.717, 1.165) is 16.7 Å². The molecule has 0 amide bonds. The van der Waals surface area contributed by atoms with Crippen LogP contribution in [0.5, 0.6) is 34.5 Å². The molecule has 8 nitrogen and oxygen atoms in total. The first-order valence-corrected chi connectivity index (χ1v) is 12.9. The van der Waals surface area contributed by atoms with Crippen molar-refractivity contribution in [3.63, 3.8) is 0 Å². The first-order chi connectivity index (χ1) is 19.0. The van der Waals surface area contributed by atoms with Crippen molar-refractivity contribution in [1.82, 2.24) is 0 Å². The number of carbonyl (C=O) groups excluding carboxylic acids is 1. The van der Waals surface area contributed by atoms with Crippen LogP contribution in [0.2, 0.25) is 0 Å². The molecule has 1 aliphatic heterocycles. The molecule has 2 atom stereocenters. The molecule has 4 rings (SSSR count). The van der Waals surface area contributed by atoms with Gasteiger partial charge in [-0.1, -0.05) is 18.2 Å². The van der Waals surface area contributed by atoms with E-state index in [2.05, 4.69) is 0 Å². The van der Waals surface area contributed by atoms with Crippen molar-refractivity contribution in [1.29, 1.82) is 0 Å². The van der Waals surface area contributed by atoms with E-state index in [1.807, 2.05) is 54.6 Å². The molecule has 1 fully saturated rings. The Morgan fingerprint density at radius 2 is 1.13 bits per heavy atom. The molecule has 0 unspecified atom stereocenters. The zero-order valence-electron chi connectivity index (χ0n) is 23.2. The summed E-state index contributed by atoms with van der Waals surface area (Å²) in [6.07, 6.45) is 1.95. The molecule has 0 aromatic heterocycles. The third-order valence-corrected chi connectivity index (χ3v) is 7.04. The molecule has 0 saturated carbocycles. The lowest BCUT2D eigenvalue weighted by Gasteiger charge is -2.18. The van der Waals surface area contributed by atoms with Crippen LogP contribution < -0.4 is 28.4 Å². The molecule has 0 radical (unpaired) electrons. The van der Waals surface area contributed by atoms with E-state index >= 15 is 0 Å². The highest BCUT2D eigenvalue weighted by atomic mass is 16.5. The summed E-state index contributed by atoms with van der Waals surface area (Å²) >= 11 is 0. The molecule has 3 aromatic carbocycles. The summed E-state index contributed by atoms with van der Waals surface area (Å²) in [6.45, 7) is 0.861. The SMILES string of the molecule is COc1ccc(CCOc2ccc(C[C@H]3C(=O)OC[C@@H]3Cc3ccc(OC)c(OC)c3)cc2OC)cc1OC. The van der Waals surface area contributed by atoms with Crippen LogP contribution in [0.25, 0.3) is 0 Å². The van der Waals surface area contributed by atoms with Crippen molar-refractivity contribution in [3.8, 4) is 34.5 Å². The number of methoxy groups -OCH3 is 5. The average molecular weight is 537 g/mol. The Balaban J connectivity index is 1.40. The molecule has 1 saturated heterocycles. The van der Waals surface area contributed by atoms with Gasteiger partial charge in [-0.25, -0.2) is 0 Å².